The van der Waals surface area contributed by atoms with Crippen LogP contribution in [0.1, 0.15) is 44.5 Å². The van der Waals surface area contributed by atoms with Gasteiger partial charge in [0, 0.05) is 39.1 Å². The molecule has 2 heterocycles. The second-order valence-electron chi connectivity index (χ2n) is 7.53. The number of nitrogens with zero attached hydrogens (tertiary/aromatic N) is 5. The Kier molecular flexibility index (Phi) is 10.9. The predicted octanol–water partition coefficient (Wildman–Crippen LogP) is 2.39. The van der Waals surface area contributed by atoms with E-state index in [1.807, 2.05) is 17.6 Å². The van der Waals surface area contributed by atoms with Crippen molar-refractivity contribution in [1.82, 2.24) is 29.7 Å². The van der Waals surface area contributed by atoms with Crippen LogP contribution in [-0.2, 0) is 29.5 Å². The SMILES string of the molecule is CCNC(=NCc1cccc(S(=O)(=O)N2CCCCC2)c1)NCCn1cnnc1CC.I. The van der Waals surface area contributed by atoms with E-state index in [1.165, 1.54) is 0 Å². The molecule has 2 N–H and O–H groups in total. The van der Waals surface area contributed by atoms with Gasteiger partial charge in [0.25, 0.3) is 0 Å². The van der Waals surface area contributed by atoms with E-state index in [1.54, 1.807) is 28.8 Å². The lowest BCUT2D eigenvalue weighted by Crippen LogP contribution is -2.39. The quantitative estimate of drug-likeness (QED) is 0.271. The zero-order valence-electron chi connectivity index (χ0n) is 18.8. The normalized spacial score (nSPS) is 15.2. The summed E-state index contributed by atoms with van der Waals surface area (Å²) in [5, 5.41) is 14.6. The summed E-state index contributed by atoms with van der Waals surface area (Å²) < 4.78 is 29.5. The van der Waals surface area contributed by atoms with Crippen LogP contribution >= 0.6 is 24.0 Å². The first-order valence-electron chi connectivity index (χ1n) is 11.0. The van der Waals surface area contributed by atoms with E-state index in [2.05, 4.69) is 32.7 Å². The van der Waals surface area contributed by atoms with Gasteiger partial charge in [0.05, 0.1) is 11.4 Å². The van der Waals surface area contributed by atoms with Crippen molar-refractivity contribution in [3.05, 3.63) is 42.0 Å². The molecule has 1 fully saturated rings. The number of hydrogen-bond donors (Lipinski definition) is 2. The summed E-state index contributed by atoms with van der Waals surface area (Å²) in [7, 11) is -3.44. The lowest BCUT2D eigenvalue weighted by molar-refractivity contribution is 0.346. The molecule has 0 unspecified atom stereocenters. The van der Waals surface area contributed by atoms with Crippen molar-refractivity contribution >= 4 is 40.0 Å². The monoisotopic (exact) mass is 575 g/mol. The van der Waals surface area contributed by atoms with Crippen molar-refractivity contribution in [3.8, 4) is 0 Å². The van der Waals surface area contributed by atoms with E-state index in [0.717, 1.165) is 50.2 Å². The van der Waals surface area contributed by atoms with E-state index >= 15 is 0 Å². The van der Waals surface area contributed by atoms with E-state index in [-0.39, 0.29) is 24.0 Å². The third-order valence-corrected chi connectivity index (χ3v) is 7.17. The first kappa shape index (κ1) is 26.5. The van der Waals surface area contributed by atoms with Gasteiger partial charge in [0.15, 0.2) is 5.96 Å². The highest BCUT2D eigenvalue weighted by molar-refractivity contribution is 14.0. The summed E-state index contributed by atoms with van der Waals surface area (Å²) in [6.45, 7) is 7.83. The number of piperidine rings is 1. The summed E-state index contributed by atoms with van der Waals surface area (Å²) in [4.78, 5) is 4.97. The molecule has 32 heavy (non-hydrogen) atoms. The van der Waals surface area contributed by atoms with Crippen molar-refractivity contribution in [1.29, 1.82) is 0 Å². The molecule has 0 aliphatic carbocycles. The van der Waals surface area contributed by atoms with Gasteiger partial charge in [-0.15, -0.1) is 34.2 Å². The molecule has 3 rings (SSSR count). The summed E-state index contributed by atoms with van der Waals surface area (Å²) in [6.07, 6.45) is 5.52. The zero-order chi connectivity index (χ0) is 22.1. The van der Waals surface area contributed by atoms with Gasteiger partial charge in [-0.1, -0.05) is 25.5 Å². The first-order valence-corrected chi connectivity index (χ1v) is 12.5. The highest BCUT2D eigenvalue weighted by atomic mass is 127. The maximum Gasteiger partial charge on any atom is 0.243 e. The van der Waals surface area contributed by atoms with E-state index in [4.69, 9.17) is 0 Å². The molecule has 9 nitrogen and oxygen atoms in total. The predicted molar refractivity (Wildman–Crippen MR) is 137 cm³/mol. The number of aryl methyl sites for hydroxylation is 1. The Labute approximate surface area is 208 Å². The van der Waals surface area contributed by atoms with Crippen molar-refractivity contribution < 1.29 is 8.42 Å². The molecule has 1 aromatic heterocycles. The molecule has 0 spiro atoms. The minimum absolute atomic E-state index is 0. The van der Waals surface area contributed by atoms with E-state index in [9.17, 15) is 8.42 Å². The molecule has 1 aromatic carbocycles. The lowest BCUT2D eigenvalue weighted by atomic mass is 10.2. The van der Waals surface area contributed by atoms with Gasteiger partial charge in [-0.25, -0.2) is 13.4 Å². The van der Waals surface area contributed by atoms with Crippen LogP contribution in [0.4, 0.5) is 0 Å². The number of sulfonamides is 1. The minimum atomic E-state index is -3.44. The van der Waals surface area contributed by atoms with Crippen LogP contribution in [0.2, 0.25) is 0 Å². The molecular weight excluding hydrogens is 541 g/mol. The number of nitrogens with one attached hydrogen (secondary N) is 2. The number of aromatic nitrogens is 3. The third-order valence-electron chi connectivity index (χ3n) is 5.27. The van der Waals surface area contributed by atoms with Crippen LogP contribution in [0.25, 0.3) is 0 Å². The van der Waals surface area contributed by atoms with Gasteiger partial charge < -0.3 is 15.2 Å². The highest BCUT2D eigenvalue weighted by Gasteiger charge is 2.25. The molecule has 0 amide bonds. The third kappa shape index (κ3) is 7.14. The molecule has 0 saturated carbocycles. The fourth-order valence-electron chi connectivity index (χ4n) is 3.60. The zero-order valence-corrected chi connectivity index (χ0v) is 22.0. The molecule has 0 radical (unpaired) electrons. The maximum absolute atomic E-state index is 12.9. The highest BCUT2D eigenvalue weighted by Crippen LogP contribution is 2.21. The molecule has 1 saturated heterocycles. The van der Waals surface area contributed by atoms with Crippen molar-refractivity contribution in [2.24, 2.45) is 4.99 Å². The fourth-order valence-corrected chi connectivity index (χ4v) is 5.19. The summed E-state index contributed by atoms with van der Waals surface area (Å²) in [6, 6.07) is 7.11. The number of aliphatic imine (C=N–C) groups is 1. The average molecular weight is 576 g/mol. The Morgan fingerprint density at radius 2 is 1.94 bits per heavy atom. The second-order valence-corrected chi connectivity index (χ2v) is 9.47. The molecule has 11 heteroatoms. The standard InChI is InChI=1S/C21H33N7O2S.HI/c1-3-20-26-25-17-27(20)14-11-23-21(22-4-2)24-16-18-9-8-10-19(15-18)31(29,30)28-12-6-5-7-13-28;/h8-10,15,17H,3-7,11-14,16H2,1-2H3,(H2,22,23,24);1H. The van der Waals surface area contributed by atoms with Gasteiger partial charge in [-0.05, 0) is 37.5 Å². The Hall–Kier alpha value is -1.73. The molecular formula is C21H34IN7O2S. The van der Waals surface area contributed by atoms with Gasteiger partial charge in [0.1, 0.15) is 12.2 Å². The van der Waals surface area contributed by atoms with Crippen LogP contribution in [-0.4, -0.2) is 59.6 Å². The van der Waals surface area contributed by atoms with Crippen molar-refractivity contribution in [2.75, 3.05) is 26.2 Å². The van der Waals surface area contributed by atoms with E-state index < -0.39 is 10.0 Å². The number of halogens is 1. The molecule has 1 aliphatic heterocycles. The molecule has 178 valence electrons. The van der Waals surface area contributed by atoms with Gasteiger partial charge in [-0.3, -0.25) is 0 Å². The molecule has 0 bridgehead atoms. The summed E-state index contributed by atoms with van der Waals surface area (Å²) in [5.74, 6) is 1.65. The number of benzene rings is 1. The van der Waals surface area contributed by atoms with Crippen molar-refractivity contribution in [3.63, 3.8) is 0 Å². The van der Waals surface area contributed by atoms with Crippen LogP contribution in [0.15, 0.2) is 40.5 Å². The topological polar surface area (TPSA) is 105 Å². The average Bonchev–Trinajstić information content (AvgIpc) is 3.26. The number of hydrogen-bond acceptors (Lipinski definition) is 5. The van der Waals surface area contributed by atoms with Crippen LogP contribution < -0.4 is 10.6 Å². The summed E-state index contributed by atoms with van der Waals surface area (Å²) >= 11 is 0. The maximum atomic E-state index is 12.9. The number of rotatable bonds is 9. The molecule has 0 atom stereocenters. The minimum Gasteiger partial charge on any atom is -0.357 e. The Morgan fingerprint density at radius 3 is 2.66 bits per heavy atom. The Balaban J connectivity index is 0.00000363. The van der Waals surface area contributed by atoms with Gasteiger partial charge in [0.2, 0.25) is 10.0 Å². The van der Waals surface area contributed by atoms with Crippen LogP contribution in [0.3, 0.4) is 0 Å². The van der Waals surface area contributed by atoms with Crippen LogP contribution in [0.5, 0.6) is 0 Å². The largest absolute Gasteiger partial charge is 0.357 e. The van der Waals surface area contributed by atoms with E-state index in [0.29, 0.717) is 37.0 Å². The first-order chi connectivity index (χ1) is 15.0. The Bertz CT molecular complexity index is 972. The van der Waals surface area contributed by atoms with Crippen molar-refractivity contribution in [2.45, 2.75) is 57.5 Å². The van der Waals surface area contributed by atoms with Gasteiger partial charge >= 0.3 is 0 Å². The molecule has 1 aliphatic rings. The molecule has 2 aromatic rings. The van der Waals surface area contributed by atoms with Crippen LogP contribution in [0, 0.1) is 0 Å². The Morgan fingerprint density at radius 1 is 1.16 bits per heavy atom. The van der Waals surface area contributed by atoms with Gasteiger partial charge in [-0.2, -0.15) is 4.31 Å². The lowest BCUT2D eigenvalue weighted by Gasteiger charge is -2.26. The smallest absolute Gasteiger partial charge is 0.243 e. The summed E-state index contributed by atoms with van der Waals surface area (Å²) in [5.41, 5.74) is 0.863. The second kappa shape index (κ2) is 13.1. The fraction of sp³-hybridized carbons (Fsp3) is 0.571. The number of guanidine groups is 1.